The molecule has 6 heteroatoms. The van der Waals surface area contributed by atoms with Crippen molar-refractivity contribution >= 4 is 11.0 Å². The Morgan fingerprint density at radius 1 is 1.04 bits per heavy atom. The van der Waals surface area contributed by atoms with Gasteiger partial charge in [-0.2, -0.15) is 5.10 Å². The summed E-state index contributed by atoms with van der Waals surface area (Å²) >= 11 is 0. The lowest BCUT2D eigenvalue weighted by Crippen LogP contribution is -2.21. The Morgan fingerprint density at radius 3 is 2.48 bits per heavy atom. The Morgan fingerprint density at radius 2 is 1.76 bits per heavy atom. The fraction of sp³-hybridized carbons (Fsp3) is 0.105. The molecule has 0 bridgehead atoms. The monoisotopic (exact) mass is 334 g/mol. The van der Waals surface area contributed by atoms with Crippen LogP contribution in [0.3, 0.4) is 0 Å². The van der Waals surface area contributed by atoms with Crippen molar-refractivity contribution in [2.24, 2.45) is 0 Å². The van der Waals surface area contributed by atoms with Gasteiger partial charge in [-0.05, 0) is 36.8 Å². The molecule has 0 saturated carbocycles. The van der Waals surface area contributed by atoms with Crippen molar-refractivity contribution in [3.63, 3.8) is 0 Å². The van der Waals surface area contributed by atoms with Crippen LogP contribution < -0.4 is 5.56 Å². The van der Waals surface area contributed by atoms with Gasteiger partial charge < -0.3 is 0 Å². The summed E-state index contributed by atoms with van der Waals surface area (Å²) in [6, 6.07) is 13.9. The lowest BCUT2D eigenvalue weighted by atomic mass is 10.2. The topological polar surface area (TPSA) is 52.7 Å². The van der Waals surface area contributed by atoms with Crippen molar-refractivity contribution < 1.29 is 4.39 Å². The van der Waals surface area contributed by atoms with Gasteiger partial charge in [0.05, 0.1) is 18.4 Å². The number of aryl methyl sites for hydroxylation is 1. The molecule has 0 aliphatic carbocycles. The molecule has 0 spiro atoms. The Balaban J connectivity index is 1.75. The van der Waals surface area contributed by atoms with Gasteiger partial charge >= 0.3 is 0 Å². The molecule has 2 heterocycles. The molecule has 124 valence electrons. The minimum atomic E-state index is -0.302. The number of hydrogen-bond acceptors (Lipinski definition) is 3. The summed E-state index contributed by atoms with van der Waals surface area (Å²) in [4.78, 5) is 17.1. The zero-order valence-electron chi connectivity index (χ0n) is 13.6. The van der Waals surface area contributed by atoms with E-state index < -0.39 is 0 Å². The van der Waals surface area contributed by atoms with Crippen LogP contribution >= 0.6 is 0 Å². The second-order valence-corrected chi connectivity index (χ2v) is 5.93. The molecule has 25 heavy (non-hydrogen) atoms. The van der Waals surface area contributed by atoms with Gasteiger partial charge in [0, 0.05) is 0 Å². The predicted octanol–water partition coefficient (Wildman–Crippen LogP) is 3.08. The number of benzene rings is 2. The molecule has 4 aromatic rings. The van der Waals surface area contributed by atoms with Crippen LogP contribution in [0.2, 0.25) is 0 Å². The smallest absolute Gasteiger partial charge is 0.264 e. The molecule has 0 saturated heterocycles. The van der Waals surface area contributed by atoms with E-state index in [1.165, 1.54) is 29.2 Å². The second kappa shape index (κ2) is 5.98. The van der Waals surface area contributed by atoms with Gasteiger partial charge in [-0.1, -0.05) is 29.8 Å². The van der Waals surface area contributed by atoms with Gasteiger partial charge in [-0.15, -0.1) is 0 Å². The van der Waals surface area contributed by atoms with Crippen LogP contribution in [0.4, 0.5) is 4.39 Å². The number of halogens is 1. The van der Waals surface area contributed by atoms with Crippen LogP contribution in [0.15, 0.2) is 65.8 Å². The predicted molar refractivity (Wildman–Crippen MR) is 93.4 cm³/mol. The molecule has 0 atom stereocenters. The minimum absolute atomic E-state index is 0.173. The fourth-order valence-corrected chi connectivity index (χ4v) is 2.72. The third-order valence-corrected chi connectivity index (χ3v) is 4.10. The third kappa shape index (κ3) is 2.82. The number of nitrogens with zero attached hydrogens (tertiary/aromatic N) is 4. The number of hydrogen-bond donors (Lipinski definition) is 0. The van der Waals surface area contributed by atoms with Crippen LogP contribution in [0, 0.1) is 12.7 Å². The highest BCUT2D eigenvalue weighted by atomic mass is 19.1. The van der Waals surface area contributed by atoms with Crippen molar-refractivity contribution in [1.29, 1.82) is 0 Å². The van der Waals surface area contributed by atoms with E-state index in [9.17, 15) is 9.18 Å². The van der Waals surface area contributed by atoms with Gasteiger partial charge in [-0.3, -0.25) is 9.36 Å². The number of fused-ring (bicyclic) bond motifs is 1. The van der Waals surface area contributed by atoms with Gasteiger partial charge in [0.15, 0.2) is 5.65 Å². The molecule has 2 aromatic carbocycles. The molecule has 0 N–H and O–H groups in total. The van der Waals surface area contributed by atoms with Crippen LogP contribution in [-0.2, 0) is 6.54 Å². The summed E-state index contributed by atoms with van der Waals surface area (Å²) in [6.07, 6.45) is 3.03. The number of aromatic nitrogens is 4. The van der Waals surface area contributed by atoms with Crippen LogP contribution in [-0.4, -0.2) is 19.3 Å². The Kier molecular flexibility index (Phi) is 3.65. The quantitative estimate of drug-likeness (QED) is 0.578. The molecule has 0 amide bonds. The van der Waals surface area contributed by atoms with E-state index in [1.807, 2.05) is 31.2 Å². The zero-order chi connectivity index (χ0) is 17.4. The maximum atomic E-state index is 13.0. The molecule has 0 radical (unpaired) electrons. The van der Waals surface area contributed by atoms with Crippen LogP contribution in [0.25, 0.3) is 16.7 Å². The molecular formula is C19H15FN4O. The first-order chi connectivity index (χ1) is 12.1. The van der Waals surface area contributed by atoms with Gasteiger partial charge in [0.1, 0.15) is 17.5 Å². The number of rotatable bonds is 3. The van der Waals surface area contributed by atoms with Crippen molar-refractivity contribution in [2.75, 3.05) is 0 Å². The van der Waals surface area contributed by atoms with Crippen LogP contribution in [0.5, 0.6) is 0 Å². The Labute approximate surface area is 143 Å². The lowest BCUT2D eigenvalue weighted by molar-refractivity contribution is 0.626. The van der Waals surface area contributed by atoms with Crippen molar-refractivity contribution in [1.82, 2.24) is 19.3 Å². The fourth-order valence-electron chi connectivity index (χ4n) is 2.72. The van der Waals surface area contributed by atoms with Crippen molar-refractivity contribution in [3.8, 4) is 5.69 Å². The van der Waals surface area contributed by atoms with Crippen molar-refractivity contribution in [3.05, 3.63) is 88.4 Å². The maximum absolute atomic E-state index is 13.0. The van der Waals surface area contributed by atoms with E-state index in [4.69, 9.17) is 0 Å². The van der Waals surface area contributed by atoms with E-state index in [2.05, 4.69) is 10.1 Å². The Hall–Kier alpha value is -3.28. The molecular weight excluding hydrogens is 319 g/mol. The van der Waals surface area contributed by atoms with Crippen LogP contribution in [0.1, 0.15) is 11.1 Å². The highest BCUT2D eigenvalue weighted by molar-refractivity contribution is 5.74. The third-order valence-electron chi connectivity index (χ3n) is 4.10. The van der Waals surface area contributed by atoms with E-state index >= 15 is 0 Å². The van der Waals surface area contributed by atoms with Gasteiger partial charge in [0.25, 0.3) is 5.56 Å². The summed E-state index contributed by atoms with van der Waals surface area (Å²) in [5, 5.41) is 4.76. The summed E-state index contributed by atoms with van der Waals surface area (Å²) in [6.45, 7) is 2.34. The normalized spacial score (nSPS) is 11.1. The molecule has 0 unspecified atom stereocenters. The molecule has 4 rings (SSSR count). The largest absolute Gasteiger partial charge is 0.294 e. The first kappa shape index (κ1) is 15.3. The summed E-state index contributed by atoms with van der Waals surface area (Å²) in [5.41, 5.74) is 3.17. The summed E-state index contributed by atoms with van der Waals surface area (Å²) < 4.78 is 16.2. The average molecular weight is 334 g/mol. The van der Waals surface area contributed by atoms with E-state index in [1.54, 1.807) is 16.8 Å². The maximum Gasteiger partial charge on any atom is 0.264 e. The lowest BCUT2D eigenvalue weighted by Gasteiger charge is -2.07. The van der Waals surface area contributed by atoms with Gasteiger partial charge in [-0.25, -0.2) is 14.1 Å². The molecule has 0 aliphatic heterocycles. The molecule has 0 fully saturated rings. The van der Waals surface area contributed by atoms with Crippen molar-refractivity contribution in [2.45, 2.75) is 13.5 Å². The summed E-state index contributed by atoms with van der Waals surface area (Å²) in [5.74, 6) is -0.302. The molecule has 5 nitrogen and oxygen atoms in total. The molecule has 2 aromatic heterocycles. The van der Waals surface area contributed by atoms with E-state index in [-0.39, 0.29) is 11.4 Å². The van der Waals surface area contributed by atoms with E-state index in [0.717, 1.165) is 16.8 Å². The standard InChI is InChI=1S/C19H15FN4O/c1-13-2-8-16(9-3-13)24-18-17(10-22-24)19(25)23(12-21-18)11-14-4-6-15(20)7-5-14/h2-10,12H,11H2,1H3. The van der Waals surface area contributed by atoms with Gasteiger partial charge in [0.2, 0.25) is 0 Å². The minimum Gasteiger partial charge on any atom is -0.294 e. The summed E-state index contributed by atoms with van der Waals surface area (Å²) in [7, 11) is 0. The first-order valence-electron chi connectivity index (χ1n) is 7.86. The highest BCUT2D eigenvalue weighted by Crippen LogP contribution is 2.14. The van der Waals surface area contributed by atoms with E-state index in [0.29, 0.717) is 17.6 Å². The second-order valence-electron chi connectivity index (χ2n) is 5.93. The Bertz CT molecular complexity index is 1100. The highest BCUT2D eigenvalue weighted by Gasteiger charge is 2.11. The average Bonchev–Trinajstić information content (AvgIpc) is 3.05. The molecule has 0 aliphatic rings. The first-order valence-corrected chi connectivity index (χ1v) is 7.86. The SMILES string of the molecule is Cc1ccc(-n2ncc3c(=O)n(Cc4ccc(F)cc4)cnc32)cc1. The zero-order valence-corrected chi connectivity index (χ0v) is 13.6.